The predicted octanol–water partition coefficient (Wildman–Crippen LogP) is -0.0117. The van der Waals surface area contributed by atoms with Gasteiger partial charge in [-0.2, -0.15) is 0 Å². The van der Waals surface area contributed by atoms with E-state index in [1.165, 1.54) is 15.8 Å². The summed E-state index contributed by atoms with van der Waals surface area (Å²) in [7, 11) is 0. The smallest absolute Gasteiger partial charge is 0.407 e. The quantitative estimate of drug-likeness (QED) is 0.190. The Labute approximate surface area is 267 Å². The molecule has 4 atom stereocenters. The number of nitrogens with zero attached hydrogens (tertiary/aromatic N) is 4. The largest absolute Gasteiger partial charge is 0.445 e. The van der Waals surface area contributed by atoms with Crippen LogP contribution in [0, 0.1) is 0 Å². The third-order valence-corrected chi connectivity index (χ3v) is 8.32. The van der Waals surface area contributed by atoms with Crippen molar-refractivity contribution >= 4 is 36.2 Å². The van der Waals surface area contributed by atoms with E-state index in [0.29, 0.717) is 31.4 Å². The van der Waals surface area contributed by atoms with Gasteiger partial charge in [-0.1, -0.05) is 54.8 Å². The van der Waals surface area contributed by atoms with Crippen LogP contribution in [-0.2, 0) is 31.3 Å². The number of benzene rings is 1. The predicted molar refractivity (Wildman–Crippen MR) is 163 cm³/mol. The fourth-order valence-corrected chi connectivity index (χ4v) is 5.95. The third kappa shape index (κ3) is 8.48. The number of nitrogens with one attached hydrogen (secondary N) is 2. The van der Waals surface area contributed by atoms with E-state index >= 15 is 0 Å². The highest BCUT2D eigenvalue weighted by molar-refractivity contribution is 5.92. The molecular weight excluding hydrogens is 608 g/mol. The molecule has 15 nitrogen and oxygen atoms in total. The fraction of sp³-hybridized carbons (Fsp3) is 0.586. The second-order valence-corrected chi connectivity index (χ2v) is 12.1. The monoisotopic (exact) mass is 650 g/mol. The van der Waals surface area contributed by atoms with Crippen LogP contribution in [0.4, 0.5) is 4.79 Å². The summed E-state index contributed by atoms with van der Waals surface area (Å²) < 4.78 is 6.67. The van der Waals surface area contributed by atoms with E-state index in [2.05, 4.69) is 20.9 Å². The maximum atomic E-state index is 13.9. The normalized spacial score (nSPS) is 20.8. The van der Waals surface area contributed by atoms with E-state index in [1.807, 2.05) is 18.2 Å². The number of carbonyl (C=O) groups is 4. The zero-order valence-electron chi connectivity index (χ0n) is 25.4. The van der Waals surface area contributed by atoms with E-state index in [1.54, 1.807) is 26.0 Å². The van der Waals surface area contributed by atoms with Gasteiger partial charge in [-0.15, -0.1) is 17.5 Å². The molecule has 1 aliphatic carbocycles. The number of halogens is 1. The summed E-state index contributed by atoms with van der Waals surface area (Å²) in [6.07, 6.45) is 2.03. The van der Waals surface area contributed by atoms with Gasteiger partial charge in [0.2, 0.25) is 17.7 Å². The van der Waals surface area contributed by atoms with Gasteiger partial charge in [-0.05, 0) is 32.3 Å². The molecule has 1 unspecified atom stereocenters. The molecule has 2 aromatic rings. The van der Waals surface area contributed by atoms with E-state index in [-0.39, 0.29) is 38.5 Å². The van der Waals surface area contributed by atoms with Crippen molar-refractivity contribution in [2.24, 2.45) is 11.5 Å². The summed E-state index contributed by atoms with van der Waals surface area (Å²) >= 11 is 0. The minimum atomic E-state index is -1.61. The number of aliphatic hydroxyl groups excluding tert-OH is 1. The molecule has 4 amide bonds. The number of nitrogens with two attached hydrogens (primary N) is 2. The average Bonchev–Trinajstić information content (AvgIpc) is 3.67. The summed E-state index contributed by atoms with van der Waals surface area (Å²) in [6, 6.07) is 6.22. The van der Waals surface area contributed by atoms with Gasteiger partial charge in [-0.3, -0.25) is 14.4 Å². The molecule has 16 heteroatoms. The Morgan fingerprint density at radius 1 is 1.16 bits per heavy atom. The van der Waals surface area contributed by atoms with Gasteiger partial charge >= 0.3 is 6.09 Å². The lowest BCUT2D eigenvalue weighted by Crippen LogP contribution is -2.64. The molecule has 45 heavy (non-hydrogen) atoms. The Morgan fingerprint density at radius 3 is 2.44 bits per heavy atom. The molecule has 1 aliphatic heterocycles. The summed E-state index contributed by atoms with van der Waals surface area (Å²) in [6.45, 7) is 2.92. The third-order valence-electron chi connectivity index (χ3n) is 8.32. The first-order chi connectivity index (χ1) is 20.8. The highest BCUT2D eigenvalue weighted by Gasteiger charge is 2.48. The van der Waals surface area contributed by atoms with Gasteiger partial charge in [0.05, 0.1) is 23.5 Å². The standard InChI is InChI=1S/C29H42N8O7.ClH/c1-28(2,43)22-15-33-35-37(22)19-13-21(25(40)34-29(23(38)24(31)39)11-7-4-8-12-29)36(16-19)26(41)20(30)14-32-27(42)44-17-18-9-5-3-6-10-18;/h3,5-6,9-10,15,19-21,23,38,43H,4,7-8,11-14,16-17,30H2,1-2H3,(H2,31,39)(H,32,42)(H,34,40);1H/t19-,20+,21-,23?;/m0./s1. The van der Waals surface area contributed by atoms with Crippen LogP contribution in [0.15, 0.2) is 36.5 Å². The first-order valence-corrected chi connectivity index (χ1v) is 14.8. The molecule has 0 bridgehead atoms. The van der Waals surface area contributed by atoms with Crippen molar-refractivity contribution in [1.82, 2.24) is 30.5 Å². The van der Waals surface area contributed by atoms with Crippen molar-refractivity contribution in [2.75, 3.05) is 13.1 Å². The molecule has 2 fully saturated rings. The highest BCUT2D eigenvalue weighted by Crippen LogP contribution is 2.35. The van der Waals surface area contributed by atoms with Gasteiger partial charge in [0, 0.05) is 19.5 Å². The first-order valence-electron chi connectivity index (χ1n) is 14.8. The van der Waals surface area contributed by atoms with Gasteiger partial charge in [0.1, 0.15) is 24.3 Å². The molecule has 2 aliphatic rings. The Hall–Kier alpha value is -3.79. The number of aromatic nitrogens is 3. The van der Waals surface area contributed by atoms with Gasteiger partial charge in [0.25, 0.3) is 0 Å². The number of aliphatic hydroxyl groups is 2. The van der Waals surface area contributed by atoms with Crippen molar-refractivity contribution in [3.05, 3.63) is 47.8 Å². The number of hydrogen-bond acceptors (Lipinski definition) is 10. The number of alkyl carbamates (subject to hydrolysis) is 1. The molecule has 1 saturated carbocycles. The second-order valence-electron chi connectivity index (χ2n) is 12.1. The molecule has 2 heterocycles. The number of likely N-dealkylation sites (tertiary alicyclic amines) is 1. The van der Waals surface area contributed by atoms with Crippen LogP contribution in [0.5, 0.6) is 0 Å². The molecule has 8 N–H and O–H groups in total. The first kappa shape index (κ1) is 35.7. The zero-order valence-corrected chi connectivity index (χ0v) is 26.2. The number of carbonyl (C=O) groups excluding carboxylic acids is 4. The number of hydrogen-bond donors (Lipinski definition) is 6. The second kappa shape index (κ2) is 15.0. The lowest BCUT2D eigenvalue weighted by Gasteiger charge is -2.41. The zero-order chi connectivity index (χ0) is 32.1. The SMILES string of the molecule is CC(C)(O)c1cnnn1[C@H]1C[C@@H](C(=O)NC2(C(O)C(N)=O)CCCCC2)N(C(=O)[C@H](N)CNC(=O)OCc2ccccc2)C1.Cl. The number of primary amides is 1. The number of amides is 4. The lowest BCUT2D eigenvalue weighted by molar-refractivity contribution is -0.143. The number of ether oxygens (including phenoxy) is 1. The van der Waals surface area contributed by atoms with Crippen LogP contribution in [0.2, 0.25) is 0 Å². The molecule has 1 aromatic heterocycles. The summed E-state index contributed by atoms with van der Waals surface area (Å²) in [5, 5.41) is 34.8. The minimum Gasteiger partial charge on any atom is -0.445 e. The van der Waals surface area contributed by atoms with Crippen molar-refractivity contribution in [3.8, 4) is 0 Å². The molecular formula is C29H43ClN8O7. The van der Waals surface area contributed by atoms with Gasteiger partial charge in [-0.25, -0.2) is 9.48 Å². The molecule has 0 radical (unpaired) electrons. The van der Waals surface area contributed by atoms with E-state index in [4.69, 9.17) is 16.2 Å². The van der Waals surface area contributed by atoms with Crippen molar-refractivity contribution in [2.45, 2.75) is 94.3 Å². The van der Waals surface area contributed by atoms with Gasteiger partial charge < -0.3 is 42.0 Å². The highest BCUT2D eigenvalue weighted by atomic mass is 35.5. The maximum absolute atomic E-state index is 13.9. The summed E-state index contributed by atoms with van der Waals surface area (Å²) in [5.41, 5.74) is 10.2. The Morgan fingerprint density at radius 2 is 1.82 bits per heavy atom. The van der Waals surface area contributed by atoms with E-state index < -0.39 is 59.2 Å². The molecule has 1 aromatic carbocycles. The van der Waals surface area contributed by atoms with Crippen LogP contribution in [-0.4, -0.2) is 90.7 Å². The van der Waals surface area contributed by atoms with E-state index in [0.717, 1.165) is 12.0 Å². The van der Waals surface area contributed by atoms with Crippen LogP contribution in [0.3, 0.4) is 0 Å². The van der Waals surface area contributed by atoms with Crippen LogP contribution >= 0.6 is 12.4 Å². The molecule has 248 valence electrons. The van der Waals surface area contributed by atoms with Crippen LogP contribution in [0.1, 0.15) is 69.7 Å². The molecule has 0 spiro atoms. The Kier molecular flexibility index (Phi) is 11.9. The van der Waals surface area contributed by atoms with Crippen molar-refractivity contribution < 1.29 is 34.1 Å². The topological polar surface area (TPSA) is 228 Å². The Balaban J connectivity index is 0.00000552. The molecule has 1 saturated heterocycles. The average molecular weight is 651 g/mol. The summed E-state index contributed by atoms with van der Waals surface area (Å²) in [4.78, 5) is 53.1. The summed E-state index contributed by atoms with van der Waals surface area (Å²) in [5.74, 6) is -2.15. The van der Waals surface area contributed by atoms with Gasteiger partial charge in [0.15, 0.2) is 6.10 Å². The fourth-order valence-electron chi connectivity index (χ4n) is 5.95. The van der Waals surface area contributed by atoms with E-state index in [9.17, 15) is 29.4 Å². The lowest BCUT2D eigenvalue weighted by atomic mass is 9.77. The maximum Gasteiger partial charge on any atom is 0.407 e. The molecule has 4 rings (SSSR count). The van der Waals surface area contributed by atoms with Crippen molar-refractivity contribution in [3.63, 3.8) is 0 Å². The van der Waals surface area contributed by atoms with Crippen LogP contribution in [0.25, 0.3) is 0 Å². The minimum absolute atomic E-state index is 0. The van der Waals surface area contributed by atoms with Crippen LogP contribution < -0.4 is 22.1 Å². The number of rotatable bonds is 11. The van der Waals surface area contributed by atoms with Crippen molar-refractivity contribution in [1.29, 1.82) is 0 Å². The Bertz CT molecular complexity index is 1330.